The molecule has 1 saturated heterocycles. The molecule has 0 aliphatic carbocycles. The van der Waals surface area contributed by atoms with E-state index in [0.717, 1.165) is 25.8 Å². The molecule has 1 aliphatic rings. The monoisotopic (exact) mass is 426 g/mol. The number of carbonyl (C=O) groups is 3. The molecule has 1 unspecified atom stereocenters. The third-order valence-electron chi connectivity index (χ3n) is 4.90. The Kier molecular flexibility index (Phi) is 7.61. The van der Waals surface area contributed by atoms with E-state index in [1.54, 1.807) is 42.3 Å². The van der Waals surface area contributed by atoms with Crippen LogP contribution in [0.1, 0.15) is 33.6 Å². The molecule has 164 valence electrons. The smallest absolute Gasteiger partial charge is 0.338 e. The second-order valence-electron chi connectivity index (χ2n) is 7.14. The van der Waals surface area contributed by atoms with Crippen LogP contribution < -0.4 is 14.8 Å². The number of hydrogen-bond donors (Lipinski definition) is 1. The van der Waals surface area contributed by atoms with Gasteiger partial charge in [0.15, 0.2) is 12.4 Å². The first-order chi connectivity index (χ1) is 15.0. The molecule has 1 atom stereocenters. The Labute approximate surface area is 181 Å². The maximum Gasteiger partial charge on any atom is 0.338 e. The van der Waals surface area contributed by atoms with Crippen molar-refractivity contribution in [2.24, 2.45) is 0 Å². The first kappa shape index (κ1) is 22.3. The van der Waals surface area contributed by atoms with Crippen molar-refractivity contribution >= 4 is 18.2 Å². The van der Waals surface area contributed by atoms with Gasteiger partial charge in [-0.2, -0.15) is 0 Å². The molecule has 8 nitrogen and oxygen atoms in total. The van der Waals surface area contributed by atoms with Crippen molar-refractivity contribution in [3.05, 3.63) is 53.6 Å². The number of nitrogens with one attached hydrogen (secondary N) is 1. The van der Waals surface area contributed by atoms with Crippen LogP contribution in [0.2, 0.25) is 0 Å². The molecule has 31 heavy (non-hydrogen) atoms. The number of nitrogens with zero attached hydrogens (tertiary/aromatic N) is 1. The third-order valence-corrected chi connectivity index (χ3v) is 4.90. The van der Waals surface area contributed by atoms with Crippen molar-refractivity contribution in [2.45, 2.75) is 18.9 Å². The number of amides is 1. The normalized spacial score (nSPS) is 13.7. The predicted molar refractivity (Wildman–Crippen MR) is 114 cm³/mol. The van der Waals surface area contributed by atoms with E-state index in [-0.39, 0.29) is 11.5 Å². The Morgan fingerprint density at radius 1 is 1.06 bits per heavy atom. The lowest BCUT2D eigenvalue weighted by Gasteiger charge is -2.30. The van der Waals surface area contributed by atoms with Gasteiger partial charge in [0.1, 0.15) is 17.2 Å². The quantitative estimate of drug-likeness (QED) is 0.461. The summed E-state index contributed by atoms with van der Waals surface area (Å²) in [6.45, 7) is 2.18. The Bertz CT molecular complexity index is 924. The summed E-state index contributed by atoms with van der Waals surface area (Å²) >= 11 is 0. The topological polar surface area (TPSA) is 94.2 Å². The van der Waals surface area contributed by atoms with Gasteiger partial charge in [-0.3, -0.25) is 9.59 Å². The van der Waals surface area contributed by atoms with Crippen LogP contribution in [-0.4, -0.2) is 63.0 Å². The highest BCUT2D eigenvalue weighted by molar-refractivity contribution is 5.94. The van der Waals surface area contributed by atoms with Gasteiger partial charge in [-0.25, -0.2) is 4.79 Å². The average Bonchev–Trinajstić information content (AvgIpc) is 2.75. The summed E-state index contributed by atoms with van der Waals surface area (Å²) in [6, 6.07) is 11.4. The van der Waals surface area contributed by atoms with Gasteiger partial charge in [0.2, 0.25) is 0 Å². The van der Waals surface area contributed by atoms with E-state index in [2.05, 4.69) is 5.32 Å². The minimum atomic E-state index is -0.667. The molecule has 1 fully saturated rings. The van der Waals surface area contributed by atoms with Crippen molar-refractivity contribution in [1.82, 2.24) is 10.2 Å². The predicted octanol–water partition coefficient (Wildman–Crippen LogP) is 2.67. The van der Waals surface area contributed by atoms with Crippen molar-refractivity contribution in [3.63, 3.8) is 0 Å². The summed E-state index contributed by atoms with van der Waals surface area (Å²) in [5.41, 5.74) is 0.829. The Balaban J connectivity index is 1.78. The molecule has 2 aromatic rings. The zero-order chi connectivity index (χ0) is 22.2. The first-order valence-corrected chi connectivity index (χ1v) is 10.1. The molecule has 0 bridgehead atoms. The average molecular weight is 426 g/mol. The molecule has 0 saturated carbocycles. The van der Waals surface area contributed by atoms with Crippen molar-refractivity contribution in [3.8, 4) is 17.2 Å². The summed E-state index contributed by atoms with van der Waals surface area (Å²) in [5, 5.41) is 2.96. The number of likely N-dealkylation sites (tertiary alicyclic amines) is 1. The van der Waals surface area contributed by atoms with E-state index >= 15 is 0 Å². The fourth-order valence-corrected chi connectivity index (χ4v) is 3.05. The molecular formula is C23H26N2O6. The lowest BCUT2D eigenvalue weighted by atomic mass is 10.1. The molecular weight excluding hydrogens is 400 g/mol. The SMILES string of the molecule is CNCCC(C=O)Oc1cc(Oc2ccc(C(=O)N3CCC3)cc2)cc(C(=O)OC)c1. The van der Waals surface area contributed by atoms with Gasteiger partial charge in [-0.1, -0.05) is 0 Å². The molecule has 1 N–H and O–H groups in total. The van der Waals surface area contributed by atoms with Crippen LogP contribution in [0, 0.1) is 0 Å². The number of rotatable bonds is 10. The van der Waals surface area contributed by atoms with Gasteiger partial charge in [-0.05, 0) is 56.4 Å². The van der Waals surface area contributed by atoms with E-state index in [9.17, 15) is 14.4 Å². The van der Waals surface area contributed by atoms with Crippen LogP contribution in [0.25, 0.3) is 0 Å². The summed E-state index contributed by atoms with van der Waals surface area (Å²) in [5.74, 6) is 0.607. The molecule has 0 spiro atoms. The minimum Gasteiger partial charge on any atom is -0.483 e. The highest BCUT2D eigenvalue weighted by atomic mass is 16.5. The molecule has 1 heterocycles. The van der Waals surface area contributed by atoms with E-state index in [1.807, 2.05) is 0 Å². The number of methoxy groups -OCH3 is 1. The first-order valence-electron chi connectivity index (χ1n) is 10.1. The van der Waals surface area contributed by atoms with E-state index in [1.165, 1.54) is 19.2 Å². The van der Waals surface area contributed by atoms with E-state index < -0.39 is 12.1 Å². The second-order valence-corrected chi connectivity index (χ2v) is 7.14. The standard InChI is InChI=1S/C23H26N2O6/c1-24-9-8-19(15-26)31-21-13-17(23(28)29-2)12-20(14-21)30-18-6-4-16(5-7-18)22(27)25-10-3-11-25/h4-7,12-15,19,24H,3,8-11H2,1-2H3. The largest absolute Gasteiger partial charge is 0.483 e. The number of hydrogen-bond acceptors (Lipinski definition) is 7. The Hall–Kier alpha value is -3.39. The zero-order valence-electron chi connectivity index (χ0n) is 17.6. The number of benzene rings is 2. The summed E-state index contributed by atoms with van der Waals surface area (Å²) in [7, 11) is 3.07. The number of aldehydes is 1. The van der Waals surface area contributed by atoms with E-state index in [4.69, 9.17) is 14.2 Å². The van der Waals surface area contributed by atoms with Crippen molar-refractivity contribution in [1.29, 1.82) is 0 Å². The Morgan fingerprint density at radius 2 is 1.77 bits per heavy atom. The maximum atomic E-state index is 12.3. The molecule has 2 aromatic carbocycles. The summed E-state index contributed by atoms with van der Waals surface area (Å²) in [4.78, 5) is 37.5. The molecule has 0 aromatic heterocycles. The highest BCUT2D eigenvalue weighted by Gasteiger charge is 2.21. The maximum absolute atomic E-state index is 12.3. The third kappa shape index (κ3) is 5.82. The van der Waals surface area contributed by atoms with Crippen LogP contribution in [-0.2, 0) is 9.53 Å². The van der Waals surface area contributed by atoms with Crippen LogP contribution in [0.15, 0.2) is 42.5 Å². The molecule has 3 rings (SSSR count). The number of ether oxygens (including phenoxy) is 3. The summed E-state index contributed by atoms with van der Waals surface area (Å²) < 4.78 is 16.4. The molecule has 8 heteroatoms. The Morgan fingerprint density at radius 3 is 2.35 bits per heavy atom. The molecule has 1 aliphatic heterocycles. The summed E-state index contributed by atoms with van der Waals surface area (Å²) in [6.07, 6.45) is 1.56. The van der Waals surface area contributed by atoms with Crippen molar-refractivity contribution < 1.29 is 28.6 Å². The number of carbonyl (C=O) groups excluding carboxylic acids is 3. The van der Waals surface area contributed by atoms with Gasteiger partial charge in [0.25, 0.3) is 5.91 Å². The van der Waals surface area contributed by atoms with Gasteiger partial charge in [-0.15, -0.1) is 0 Å². The zero-order valence-corrected chi connectivity index (χ0v) is 17.6. The highest BCUT2D eigenvalue weighted by Crippen LogP contribution is 2.29. The van der Waals surface area contributed by atoms with Crippen LogP contribution in [0.4, 0.5) is 0 Å². The van der Waals surface area contributed by atoms with Crippen LogP contribution in [0.3, 0.4) is 0 Å². The lowest BCUT2D eigenvalue weighted by Crippen LogP contribution is -2.41. The lowest BCUT2D eigenvalue weighted by molar-refractivity contribution is -0.113. The number of esters is 1. The minimum absolute atomic E-state index is 0.00245. The second kappa shape index (κ2) is 10.6. The fourth-order valence-electron chi connectivity index (χ4n) is 3.05. The van der Waals surface area contributed by atoms with Gasteiger partial charge in [0, 0.05) is 31.1 Å². The van der Waals surface area contributed by atoms with Crippen molar-refractivity contribution in [2.75, 3.05) is 33.8 Å². The van der Waals surface area contributed by atoms with E-state index in [0.29, 0.717) is 35.8 Å². The van der Waals surface area contributed by atoms with Crippen LogP contribution in [0.5, 0.6) is 17.2 Å². The van der Waals surface area contributed by atoms with Gasteiger partial charge in [0.05, 0.1) is 12.7 Å². The molecule has 1 amide bonds. The molecule has 0 radical (unpaired) electrons. The fraction of sp³-hybridized carbons (Fsp3) is 0.348. The van der Waals surface area contributed by atoms with Gasteiger partial charge < -0.3 is 24.4 Å². The van der Waals surface area contributed by atoms with Gasteiger partial charge >= 0.3 is 5.97 Å². The van der Waals surface area contributed by atoms with Crippen LogP contribution >= 0.6 is 0 Å².